The molecule has 1 saturated heterocycles. The summed E-state index contributed by atoms with van der Waals surface area (Å²) in [4.78, 5) is 26.4. The normalized spacial score (nSPS) is 14.1. The number of carbonyl (C=O) groups excluding carboxylic acids is 2. The van der Waals surface area contributed by atoms with Gasteiger partial charge in [-0.05, 0) is 67.8 Å². The van der Waals surface area contributed by atoms with Gasteiger partial charge in [-0.25, -0.2) is 17.1 Å². The average molecular weight is 448 g/mol. The molecule has 0 bridgehead atoms. The number of carbonyl (C=O) groups is 2. The number of nitrogens with one attached hydrogen (secondary N) is 1. The van der Waals surface area contributed by atoms with Crippen LogP contribution < -0.4 is 5.32 Å². The van der Waals surface area contributed by atoms with Crippen molar-refractivity contribution in [3.63, 3.8) is 0 Å². The molecule has 7 nitrogen and oxygen atoms in total. The highest BCUT2D eigenvalue weighted by atomic mass is 32.2. The molecule has 0 aliphatic carbocycles. The number of benzene rings is 2. The van der Waals surface area contributed by atoms with E-state index in [2.05, 4.69) is 5.32 Å². The topological polar surface area (TPSA) is 86.8 Å². The van der Waals surface area contributed by atoms with E-state index in [1.807, 2.05) is 4.90 Å². The molecule has 1 N–H and O–H groups in total. The molecule has 1 aliphatic rings. The van der Waals surface area contributed by atoms with Crippen LogP contribution in [0.2, 0.25) is 0 Å². The van der Waals surface area contributed by atoms with Crippen molar-refractivity contribution in [3.05, 3.63) is 59.9 Å². The number of halogens is 1. The van der Waals surface area contributed by atoms with E-state index in [1.54, 1.807) is 24.3 Å². The van der Waals surface area contributed by atoms with Crippen molar-refractivity contribution in [2.45, 2.75) is 30.6 Å². The first-order valence-corrected chi connectivity index (χ1v) is 11.6. The molecule has 1 aliphatic heterocycles. The van der Waals surface area contributed by atoms with Crippen molar-refractivity contribution >= 4 is 27.5 Å². The maximum Gasteiger partial charge on any atom is 0.253 e. The summed E-state index contributed by atoms with van der Waals surface area (Å²) >= 11 is 0. The van der Waals surface area contributed by atoms with Crippen molar-refractivity contribution < 1.29 is 22.4 Å². The van der Waals surface area contributed by atoms with Crippen LogP contribution in [0.5, 0.6) is 0 Å². The molecule has 0 atom stereocenters. The van der Waals surface area contributed by atoms with Gasteiger partial charge in [0, 0.05) is 44.4 Å². The van der Waals surface area contributed by atoms with E-state index >= 15 is 0 Å². The average Bonchev–Trinajstić information content (AvgIpc) is 3.29. The highest BCUT2D eigenvalue weighted by Gasteiger charge is 2.21. The summed E-state index contributed by atoms with van der Waals surface area (Å²) in [5, 5.41) is 2.75. The Kier molecular flexibility index (Phi) is 7.40. The Hall–Kier alpha value is -2.78. The lowest BCUT2D eigenvalue weighted by Crippen LogP contribution is -2.28. The lowest BCUT2D eigenvalue weighted by atomic mass is 10.1. The molecule has 166 valence electrons. The van der Waals surface area contributed by atoms with Crippen LogP contribution in [0.15, 0.2) is 53.4 Å². The molecule has 31 heavy (non-hydrogen) atoms. The SMILES string of the molecule is CN(CCCC(=O)Nc1ccc(C(=O)N2CCCC2)cc1)S(=O)(=O)c1ccc(F)cc1. The van der Waals surface area contributed by atoms with Crippen molar-refractivity contribution in [1.82, 2.24) is 9.21 Å². The Morgan fingerprint density at radius 3 is 2.26 bits per heavy atom. The van der Waals surface area contributed by atoms with Crippen molar-refractivity contribution in [2.75, 3.05) is 32.0 Å². The van der Waals surface area contributed by atoms with Crippen LogP contribution in [0.3, 0.4) is 0 Å². The maximum absolute atomic E-state index is 13.0. The second-order valence-electron chi connectivity index (χ2n) is 7.51. The highest BCUT2D eigenvalue weighted by molar-refractivity contribution is 7.89. The molecule has 0 saturated carbocycles. The smallest absolute Gasteiger partial charge is 0.253 e. The Bertz CT molecular complexity index is 1020. The minimum atomic E-state index is -3.73. The lowest BCUT2D eigenvalue weighted by Gasteiger charge is -2.17. The monoisotopic (exact) mass is 447 g/mol. The number of sulfonamides is 1. The van der Waals surface area contributed by atoms with E-state index in [9.17, 15) is 22.4 Å². The first kappa shape index (κ1) is 22.9. The van der Waals surface area contributed by atoms with Gasteiger partial charge in [-0.1, -0.05) is 0 Å². The molecule has 2 amide bonds. The first-order chi connectivity index (χ1) is 14.8. The van der Waals surface area contributed by atoms with Gasteiger partial charge >= 0.3 is 0 Å². The summed E-state index contributed by atoms with van der Waals surface area (Å²) in [6.45, 7) is 1.71. The summed E-state index contributed by atoms with van der Waals surface area (Å²) in [7, 11) is -2.31. The van der Waals surface area contributed by atoms with E-state index in [1.165, 1.54) is 19.2 Å². The lowest BCUT2D eigenvalue weighted by molar-refractivity contribution is -0.116. The van der Waals surface area contributed by atoms with E-state index in [-0.39, 0.29) is 29.7 Å². The molecule has 0 spiro atoms. The van der Waals surface area contributed by atoms with E-state index < -0.39 is 15.8 Å². The van der Waals surface area contributed by atoms with Crippen molar-refractivity contribution in [2.24, 2.45) is 0 Å². The fourth-order valence-corrected chi connectivity index (χ4v) is 4.60. The summed E-state index contributed by atoms with van der Waals surface area (Å²) in [6.07, 6.45) is 2.52. The standard InChI is InChI=1S/C22H26FN3O4S/c1-25(31(29,30)20-12-8-18(23)9-13-20)14-4-5-21(27)24-19-10-6-17(7-11-19)22(28)26-15-2-3-16-26/h6-13H,2-5,14-16H2,1H3,(H,24,27). The number of nitrogens with zero attached hydrogens (tertiary/aromatic N) is 2. The summed E-state index contributed by atoms with van der Waals surface area (Å²) < 4.78 is 39.1. The van der Waals surface area contributed by atoms with E-state index in [4.69, 9.17) is 0 Å². The predicted octanol–water partition coefficient (Wildman–Crippen LogP) is 3.10. The minimum Gasteiger partial charge on any atom is -0.339 e. The second kappa shape index (κ2) is 10.0. The number of rotatable bonds is 8. The van der Waals surface area contributed by atoms with Gasteiger partial charge in [-0.3, -0.25) is 9.59 Å². The molecule has 0 unspecified atom stereocenters. The maximum atomic E-state index is 13.0. The minimum absolute atomic E-state index is 0.000720. The highest BCUT2D eigenvalue weighted by Crippen LogP contribution is 2.17. The molecule has 3 rings (SSSR count). The molecule has 0 radical (unpaired) electrons. The van der Waals surface area contributed by atoms with Gasteiger partial charge in [0.05, 0.1) is 4.90 Å². The Labute approximate surface area is 181 Å². The van der Waals surface area contributed by atoms with E-state index in [0.717, 1.165) is 42.4 Å². The van der Waals surface area contributed by atoms with Gasteiger partial charge in [0.25, 0.3) is 5.91 Å². The van der Waals surface area contributed by atoms with Gasteiger partial charge in [0.1, 0.15) is 5.82 Å². The molecule has 0 aromatic heterocycles. The second-order valence-corrected chi connectivity index (χ2v) is 9.55. The number of anilines is 1. The zero-order valence-corrected chi connectivity index (χ0v) is 18.2. The molecule has 1 fully saturated rings. The fraction of sp³-hybridized carbons (Fsp3) is 0.364. The zero-order chi connectivity index (χ0) is 22.4. The van der Waals surface area contributed by atoms with Crippen LogP contribution in [0.4, 0.5) is 10.1 Å². The number of amides is 2. The molecular weight excluding hydrogens is 421 g/mol. The van der Waals surface area contributed by atoms with Gasteiger partial charge < -0.3 is 10.2 Å². The van der Waals surface area contributed by atoms with Crippen LogP contribution in [0, 0.1) is 5.82 Å². The third kappa shape index (κ3) is 5.89. The zero-order valence-electron chi connectivity index (χ0n) is 17.4. The van der Waals surface area contributed by atoms with E-state index in [0.29, 0.717) is 17.7 Å². The molecule has 9 heteroatoms. The number of hydrogen-bond donors (Lipinski definition) is 1. The quantitative estimate of drug-likeness (QED) is 0.674. The summed E-state index contributed by atoms with van der Waals surface area (Å²) in [6, 6.07) is 11.4. The number of hydrogen-bond acceptors (Lipinski definition) is 4. The van der Waals surface area contributed by atoms with Crippen LogP contribution in [-0.4, -0.2) is 56.1 Å². The van der Waals surface area contributed by atoms with Gasteiger partial charge in [0.15, 0.2) is 0 Å². The Balaban J connectivity index is 1.46. The third-order valence-electron chi connectivity index (χ3n) is 5.21. The van der Waals surface area contributed by atoms with Crippen molar-refractivity contribution in [1.29, 1.82) is 0 Å². The Morgan fingerprint density at radius 1 is 1.03 bits per heavy atom. The third-order valence-corrected chi connectivity index (χ3v) is 7.08. The van der Waals surface area contributed by atoms with Crippen LogP contribution >= 0.6 is 0 Å². The number of likely N-dealkylation sites (tertiary alicyclic amines) is 1. The van der Waals surface area contributed by atoms with Crippen molar-refractivity contribution in [3.8, 4) is 0 Å². The Morgan fingerprint density at radius 2 is 1.65 bits per heavy atom. The molecule has 2 aromatic rings. The first-order valence-electron chi connectivity index (χ1n) is 10.2. The van der Waals surface area contributed by atoms with Crippen LogP contribution in [0.1, 0.15) is 36.0 Å². The molecule has 1 heterocycles. The largest absolute Gasteiger partial charge is 0.339 e. The summed E-state index contributed by atoms with van der Waals surface area (Å²) in [5.41, 5.74) is 1.17. The van der Waals surface area contributed by atoms with Crippen LogP contribution in [-0.2, 0) is 14.8 Å². The summed E-state index contributed by atoms with van der Waals surface area (Å²) in [5.74, 6) is -0.751. The van der Waals surface area contributed by atoms with Gasteiger partial charge in [0.2, 0.25) is 15.9 Å². The predicted molar refractivity (Wildman–Crippen MR) is 116 cm³/mol. The van der Waals surface area contributed by atoms with Crippen LogP contribution in [0.25, 0.3) is 0 Å². The molecule has 2 aromatic carbocycles. The molecular formula is C22H26FN3O4S. The van der Waals surface area contributed by atoms with Gasteiger partial charge in [-0.2, -0.15) is 0 Å². The van der Waals surface area contributed by atoms with Gasteiger partial charge in [-0.15, -0.1) is 0 Å². The fourth-order valence-electron chi connectivity index (χ4n) is 3.39.